The van der Waals surface area contributed by atoms with Crippen LogP contribution in [0.25, 0.3) is 33.2 Å². The summed E-state index contributed by atoms with van der Waals surface area (Å²) in [5, 5.41) is 34.6. The molecule has 10 nitrogen and oxygen atoms in total. The fourth-order valence-electron chi connectivity index (χ4n) is 6.78. The maximum atomic E-state index is 16.4. The van der Waals surface area contributed by atoms with Gasteiger partial charge >= 0.3 is 0 Å². The number of ether oxygens (including phenoxy) is 1. The average Bonchev–Trinajstić information content (AvgIpc) is 3.83. The van der Waals surface area contributed by atoms with Crippen molar-refractivity contribution in [2.45, 2.75) is 58.1 Å². The molecule has 0 spiro atoms. The van der Waals surface area contributed by atoms with Gasteiger partial charge in [-0.2, -0.15) is 10.4 Å². The van der Waals surface area contributed by atoms with E-state index in [0.29, 0.717) is 60.1 Å². The second-order valence-corrected chi connectivity index (χ2v) is 14.2. The number of hydrogen-bond acceptors (Lipinski definition) is 8. The smallest absolute Gasteiger partial charge is 0.220 e. The lowest BCUT2D eigenvalue weighted by molar-refractivity contribution is -0.119. The van der Waals surface area contributed by atoms with E-state index in [0.717, 1.165) is 50.7 Å². The molecule has 2 aromatic heterocycles. The highest BCUT2D eigenvalue weighted by Crippen LogP contribution is 2.36. The van der Waals surface area contributed by atoms with E-state index in [9.17, 15) is 15.2 Å². The SMILES string of the molecule is CC(CO)NCc1cc(Cl)c(Cn2ncc3c(-c4cccc(-c5ccc(CNCC6CCC(=O)N6)cc5)c4F)cccc32)cc1OCc1cncc(C#N)c1. The number of nitrogens with one attached hydrogen (secondary N) is 3. The molecule has 1 fully saturated rings. The number of aliphatic hydroxyl groups is 1. The van der Waals surface area contributed by atoms with Gasteiger partial charge in [0.2, 0.25) is 5.91 Å². The van der Waals surface area contributed by atoms with E-state index in [2.05, 4.69) is 27.0 Å². The first-order valence-corrected chi connectivity index (χ1v) is 18.6. The number of aromatic nitrogens is 3. The van der Waals surface area contributed by atoms with Gasteiger partial charge < -0.3 is 25.8 Å². The molecule has 0 aliphatic carbocycles. The van der Waals surface area contributed by atoms with E-state index in [1.165, 1.54) is 6.20 Å². The van der Waals surface area contributed by atoms with E-state index in [1.807, 2.05) is 72.3 Å². The molecule has 7 rings (SSSR count). The molecule has 12 heteroatoms. The summed E-state index contributed by atoms with van der Waals surface area (Å²) in [5.74, 6) is 0.386. The van der Waals surface area contributed by atoms with E-state index in [4.69, 9.17) is 21.4 Å². The molecule has 280 valence electrons. The Hall–Kier alpha value is -5.64. The minimum absolute atomic E-state index is 0.0208. The molecule has 0 saturated carbocycles. The highest BCUT2D eigenvalue weighted by Gasteiger charge is 2.20. The van der Waals surface area contributed by atoms with Crippen molar-refractivity contribution in [2.75, 3.05) is 13.2 Å². The summed E-state index contributed by atoms with van der Waals surface area (Å²) in [7, 11) is 0. The van der Waals surface area contributed by atoms with Gasteiger partial charge in [0.05, 0.1) is 30.4 Å². The number of benzene rings is 4. The van der Waals surface area contributed by atoms with Gasteiger partial charge in [0, 0.05) is 83.2 Å². The minimum Gasteiger partial charge on any atom is -0.489 e. The second kappa shape index (κ2) is 17.2. The van der Waals surface area contributed by atoms with Crippen LogP contribution >= 0.6 is 11.6 Å². The number of pyridine rings is 1. The maximum absolute atomic E-state index is 16.4. The topological polar surface area (TPSA) is 137 Å². The van der Waals surface area contributed by atoms with Crippen LogP contribution in [0.2, 0.25) is 5.02 Å². The van der Waals surface area contributed by atoms with Crippen molar-refractivity contribution in [3.63, 3.8) is 0 Å². The molecule has 2 unspecified atom stereocenters. The summed E-state index contributed by atoms with van der Waals surface area (Å²) in [6, 6.07) is 26.7. The minimum atomic E-state index is -0.314. The summed E-state index contributed by atoms with van der Waals surface area (Å²) in [6.07, 6.45) is 6.34. The molecule has 2 atom stereocenters. The van der Waals surface area contributed by atoms with Crippen molar-refractivity contribution in [3.8, 4) is 34.1 Å². The van der Waals surface area contributed by atoms with Crippen LogP contribution in [0.3, 0.4) is 0 Å². The first kappa shape index (κ1) is 37.7. The summed E-state index contributed by atoms with van der Waals surface area (Å²) in [6.45, 7) is 4.16. The Morgan fingerprint density at radius 2 is 1.82 bits per heavy atom. The Bertz CT molecular complexity index is 2360. The van der Waals surface area contributed by atoms with Crippen LogP contribution in [0.1, 0.15) is 47.6 Å². The number of fused-ring (bicyclic) bond motifs is 1. The van der Waals surface area contributed by atoms with Crippen molar-refractivity contribution in [3.05, 3.63) is 136 Å². The molecular weight excluding hydrogens is 717 g/mol. The van der Waals surface area contributed by atoms with Crippen molar-refractivity contribution < 1.29 is 19.0 Å². The molecule has 1 aliphatic rings. The summed E-state index contributed by atoms with van der Waals surface area (Å²) in [4.78, 5) is 15.6. The van der Waals surface area contributed by atoms with Crippen LogP contribution in [0.15, 0.2) is 97.5 Å². The first-order chi connectivity index (χ1) is 26.8. The molecule has 55 heavy (non-hydrogen) atoms. The molecule has 1 aliphatic heterocycles. The van der Waals surface area contributed by atoms with Crippen LogP contribution in [0.4, 0.5) is 4.39 Å². The van der Waals surface area contributed by atoms with Gasteiger partial charge in [-0.1, -0.05) is 66.2 Å². The third kappa shape index (κ3) is 8.85. The fourth-order valence-corrected chi connectivity index (χ4v) is 7.03. The number of aliphatic hydroxyl groups excluding tert-OH is 1. The third-order valence-corrected chi connectivity index (χ3v) is 10.2. The quantitative estimate of drug-likeness (QED) is 0.0889. The van der Waals surface area contributed by atoms with Crippen LogP contribution < -0.4 is 20.7 Å². The van der Waals surface area contributed by atoms with Gasteiger partial charge in [-0.3, -0.25) is 14.5 Å². The molecule has 3 heterocycles. The van der Waals surface area contributed by atoms with Gasteiger partial charge in [0.1, 0.15) is 24.2 Å². The van der Waals surface area contributed by atoms with E-state index >= 15 is 4.39 Å². The molecule has 6 aromatic rings. The summed E-state index contributed by atoms with van der Waals surface area (Å²) < 4.78 is 24.5. The predicted octanol–water partition coefficient (Wildman–Crippen LogP) is 6.90. The van der Waals surface area contributed by atoms with E-state index in [1.54, 1.807) is 30.6 Å². The van der Waals surface area contributed by atoms with Crippen LogP contribution in [-0.2, 0) is 31.0 Å². The van der Waals surface area contributed by atoms with E-state index < -0.39 is 0 Å². The van der Waals surface area contributed by atoms with Crippen molar-refractivity contribution >= 4 is 28.4 Å². The lowest BCUT2D eigenvalue weighted by Gasteiger charge is -2.17. The molecule has 4 aromatic carbocycles. The number of nitriles is 1. The largest absolute Gasteiger partial charge is 0.489 e. The lowest BCUT2D eigenvalue weighted by Crippen LogP contribution is -2.35. The van der Waals surface area contributed by atoms with Crippen LogP contribution in [0.5, 0.6) is 5.75 Å². The number of nitrogens with zero attached hydrogens (tertiary/aromatic N) is 4. The van der Waals surface area contributed by atoms with Gasteiger partial charge in [0.15, 0.2) is 0 Å². The van der Waals surface area contributed by atoms with E-state index in [-0.39, 0.29) is 37.0 Å². The second-order valence-electron chi connectivity index (χ2n) is 13.8. The zero-order valence-corrected chi connectivity index (χ0v) is 31.1. The average molecular weight is 758 g/mol. The van der Waals surface area contributed by atoms with Crippen LogP contribution in [0, 0.1) is 17.1 Å². The number of hydrogen-bond donors (Lipinski definition) is 4. The van der Waals surface area contributed by atoms with Gasteiger partial charge in [-0.05, 0) is 59.9 Å². The Labute approximate surface area is 323 Å². The Balaban J connectivity index is 1.11. The monoisotopic (exact) mass is 757 g/mol. The predicted molar refractivity (Wildman–Crippen MR) is 211 cm³/mol. The number of carbonyl (C=O) groups excluding carboxylic acids is 1. The third-order valence-electron chi connectivity index (χ3n) is 9.83. The molecular formula is C43H41ClFN7O3. The van der Waals surface area contributed by atoms with Gasteiger partial charge in [-0.25, -0.2) is 4.39 Å². The van der Waals surface area contributed by atoms with Crippen molar-refractivity contribution in [1.29, 1.82) is 5.26 Å². The Morgan fingerprint density at radius 3 is 2.60 bits per heavy atom. The summed E-state index contributed by atoms with van der Waals surface area (Å²) >= 11 is 6.88. The van der Waals surface area contributed by atoms with Crippen LogP contribution in [-0.4, -0.2) is 51.0 Å². The molecule has 0 radical (unpaired) electrons. The maximum Gasteiger partial charge on any atom is 0.220 e. The Morgan fingerprint density at radius 1 is 1.02 bits per heavy atom. The normalized spacial score (nSPS) is 14.5. The van der Waals surface area contributed by atoms with Gasteiger partial charge in [-0.15, -0.1) is 0 Å². The fraction of sp³-hybridized carbons (Fsp3) is 0.256. The number of amides is 1. The first-order valence-electron chi connectivity index (χ1n) is 18.2. The van der Waals surface area contributed by atoms with Crippen molar-refractivity contribution in [1.82, 2.24) is 30.7 Å². The number of rotatable bonds is 15. The zero-order chi connectivity index (χ0) is 38.3. The number of carbonyl (C=O) groups is 1. The molecule has 1 saturated heterocycles. The highest BCUT2D eigenvalue weighted by atomic mass is 35.5. The summed E-state index contributed by atoms with van der Waals surface area (Å²) in [5.41, 5.74) is 7.15. The van der Waals surface area contributed by atoms with Crippen molar-refractivity contribution in [2.24, 2.45) is 0 Å². The van der Waals surface area contributed by atoms with Gasteiger partial charge in [0.25, 0.3) is 0 Å². The zero-order valence-electron chi connectivity index (χ0n) is 30.4. The molecule has 4 N–H and O–H groups in total. The lowest BCUT2D eigenvalue weighted by atomic mass is 9.95. The Kier molecular flexibility index (Phi) is 11.8. The standard InChI is InChI=1S/C43H41ClFN7O3/c1-27(25-53)49-21-32-15-39(44)33(16-41(32)55-26-30-14-29(17-46)19-47-20-30)24-52-40-7-3-5-36(38(40)23-50-52)37-6-2-4-35(43(37)45)31-10-8-28(9-11-31)18-48-22-34-12-13-42(54)51-34/h2-11,14-16,19-20,23,27,34,48-49,53H,12-13,18,21-22,24-26H2,1H3,(H,51,54). The molecule has 0 bridgehead atoms. The highest BCUT2D eigenvalue weighted by molar-refractivity contribution is 6.31. The molecule has 1 amide bonds. The number of halogens is 2.